The molecule has 1 atom stereocenters. The Morgan fingerprint density at radius 2 is 1.74 bits per heavy atom. The molecule has 0 bridgehead atoms. The maximum absolute atomic E-state index is 12.3. The number of rotatable bonds is 7. The summed E-state index contributed by atoms with van der Waals surface area (Å²) < 4.78 is 10.5. The van der Waals surface area contributed by atoms with E-state index in [1.807, 2.05) is 48.5 Å². The maximum Gasteiger partial charge on any atom is 0.224 e. The van der Waals surface area contributed by atoms with Crippen LogP contribution in [0.25, 0.3) is 0 Å². The molecule has 0 spiro atoms. The molecule has 4 nitrogen and oxygen atoms in total. The van der Waals surface area contributed by atoms with Gasteiger partial charge >= 0.3 is 0 Å². The van der Waals surface area contributed by atoms with Gasteiger partial charge < -0.3 is 14.8 Å². The minimum atomic E-state index is -0.00655. The van der Waals surface area contributed by atoms with E-state index in [0.29, 0.717) is 17.9 Å². The van der Waals surface area contributed by atoms with Crippen LogP contribution in [0.3, 0.4) is 0 Å². The van der Waals surface area contributed by atoms with Crippen LogP contribution in [0.4, 0.5) is 0 Å². The predicted molar refractivity (Wildman–Crippen MR) is 90.9 cm³/mol. The average molecular weight is 313 g/mol. The maximum atomic E-state index is 12.3. The molecule has 122 valence electrons. The SMILES string of the molecule is CC[C@H](NC(=O)Cc1ccc(OC)c(OC)c1)c1ccccc1. The molecule has 2 aromatic rings. The molecule has 0 unspecified atom stereocenters. The number of hydrogen-bond donors (Lipinski definition) is 1. The molecule has 1 amide bonds. The lowest BCUT2D eigenvalue weighted by atomic mass is 10.0. The van der Waals surface area contributed by atoms with E-state index < -0.39 is 0 Å². The minimum Gasteiger partial charge on any atom is -0.493 e. The molecule has 0 saturated carbocycles. The van der Waals surface area contributed by atoms with Crippen molar-refractivity contribution in [2.45, 2.75) is 25.8 Å². The summed E-state index contributed by atoms with van der Waals surface area (Å²) in [5.74, 6) is 1.29. The van der Waals surface area contributed by atoms with E-state index >= 15 is 0 Å². The summed E-state index contributed by atoms with van der Waals surface area (Å²) in [5, 5.41) is 3.09. The highest BCUT2D eigenvalue weighted by Gasteiger charge is 2.13. The van der Waals surface area contributed by atoms with Crippen molar-refractivity contribution in [3.63, 3.8) is 0 Å². The Morgan fingerprint density at radius 3 is 2.35 bits per heavy atom. The Labute approximate surface area is 137 Å². The van der Waals surface area contributed by atoms with E-state index in [9.17, 15) is 4.79 Å². The second-order valence-electron chi connectivity index (χ2n) is 5.31. The summed E-state index contributed by atoms with van der Waals surface area (Å²) in [6, 6.07) is 15.6. The van der Waals surface area contributed by atoms with Crippen LogP contribution in [0.2, 0.25) is 0 Å². The molecular formula is C19H23NO3. The van der Waals surface area contributed by atoms with E-state index in [-0.39, 0.29) is 11.9 Å². The number of benzene rings is 2. The first-order chi connectivity index (χ1) is 11.2. The highest BCUT2D eigenvalue weighted by Crippen LogP contribution is 2.27. The zero-order chi connectivity index (χ0) is 16.7. The third-order valence-corrected chi connectivity index (χ3v) is 3.76. The van der Waals surface area contributed by atoms with Crippen molar-refractivity contribution in [2.24, 2.45) is 0 Å². The Balaban J connectivity index is 2.04. The molecule has 0 aliphatic rings. The van der Waals surface area contributed by atoms with E-state index in [4.69, 9.17) is 9.47 Å². The molecule has 0 radical (unpaired) electrons. The van der Waals surface area contributed by atoms with Gasteiger partial charge in [0.1, 0.15) is 0 Å². The summed E-state index contributed by atoms with van der Waals surface area (Å²) in [6.07, 6.45) is 1.16. The summed E-state index contributed by atoms with van der Waals surface area (Å²) >= 11 is 0. The minimum absolute atomic E-state index is 0.00655. The number of carbonyl (C=O) groups excluding carboxylic acids is 1. The zero-order valence-corrected chi connectivity index (χ0v) is 13.8. The average Bonchev–Trinajstić information content (AvgIpc) is 2.60. The van der Waals surface area contributed by atoms with Crippen molar-refractivity contribution in [1.29, 1.82) is 0 Å². The lowest BCUT2D eigenvalue weighted by Gasteiger charge is -2.17. The summed E-state index contributed by atoms with van der Waals surface area (Å²) in [6.45, 7) is 2.06. The molecule has 0 aromatic heterocycles. The van der Waals surface area contributed by atoms with Crippen molar-refractivity contribution in [2.75, 3.05) is 14.2 Å². The van der Waals surface area contributed by atoms with Crippen molar-refractivity contribution in [1.82, 2.24) is 5.32 Å². The summed E-state index contributed by atoms with van der Waals surface area (Å²) in [4.78, 5) is 12.3. The van der Waals surface area contributed by atoms with Gasteiger partial charge in [-0.3, -0.25) is 4.79 Å². The van der Waals surface area contributed by atoms with Crippen LogP contribution in [0, 0.1) is 0 Å². The Bertz CT molecular complexity index is 640. The van der Waals surface area contributed by atoms with Crippen LogP contribution in [0.15, 0.2) is 48.5 Å². The normalized spacial score (nSPS) is 11.6. The van der Waals surface area contributed by atoms with E-state index in [0.717, 1.165) is 17.5 Å². The van der Waals surface area contributed by atoms with Crippen LogP contribution < -0.4 is 14.8 Å². The van der Waals surface area contributed by atoms with Crippen molar-refractivity contribution < 1.29 is 14.3 Å². The van der Waals surface area contributed by atoms with Gasteiger partial charge in [0.15, 0.2) is 11.5 Å². The van der Waals surface area contributed by atoms with Crippen molar-refractivity contribution in [3.8, 4) is 11.5 Å². The Kier molecular flexibility index (Phi) is 6.03. The molecule has 0 aliphatic heterocycles. The first-order valence-corrected chi connectivity index (χ1v) is 7.73. The van der Waals surface area contributed by atoms with E-state index in [2.05, 4.69) is 12.2 Å². The van der Waals surface area contributed by atoms with Crippen LogP contribution in [0.5, 0.6) is 11.5 Å². The van der Waals surface area contributed by atoms with Crippen molar-refractivity contribution in [3.05, 3.63) is 59.7 Å². The largest absolute Gasteiger partial charge is 0.493 e. The molecule has 0 fully saturated rings. The zero-order valence-electron chi connectivity index (χ0n) is 13.8. The third-order valence-electron chi connectivity index (χ3n) is 3.76. The number of ether oxygens (including phenoxy) is 2. The van der Waals surface area contributed by atoms with Crippen molar-refractivity contribution >= 4 is 5.91 Å². The molecule has 0 saturated heterocycles. The smallest absolute Gasteiger partial charge is 0.224 e. The van der Waals surface area contributed by atoms with Gasteiger partial charge in [-0.15, -0.1) is 0 Å². The fourth-order valence-electron chi connectivity index (χ4n) is 2.53. The standard InChI is InChI=1S/C19H23NO3/c1-4-16(15-8-6-5-7-9-15)20-19(21)13-14-10-11-17(22-2)18(12-14)23-3/h5-12,16H,4,13H2,1-3H3,(H,20,21)/t16-/m0/s1. The van der Waals surface area contributed by atoms with Gasteiger partial charge in [0, 0.05) is 0 Å². The number of hydrogen-bond acceptors (Lipinski definition) is 3. The van der Waals surface area contributed by atoms with Gasteiger partial charge in [-0.25, -0.2) is 0 Å². The first-order valence-electron chi connectivity index (χ1n) is 7.73. The van der Waals surface area contributed by atoms with Gasteiger partial charge in [0.25, 0.3) is 0 Å². The molecular weight excluding hydrogens is 290 g/mol. The second-order valence-corrected chi connectivity index (χ2v) is 5.31. The molecule has 2 rings (SSSR count). The molecule has 0 heterocycles. The first kappa shape index (κ1) is 16.9. The monoisotopic (exact) mass is 313 g/mol. The highest BCUT2D eigenvalue weighted by atomic mass is 16.5. The van der Waals surface area contributed by atoms with Crippen LogP contribution in [0.1, 0.15) is 30.5 Å². The molecule has 4 heteroatoms. The lowest BCUT2D eigenvalue weighted by Crippen LogP contribution is -2.29. The fourth-order valence-corrected chi connectivity index (χ4v) is 2.53. The summed E-state index contributed by atoms with van der Waals surface area (Å²) in [7, 11) is 3.18. The van der Waals surface area contributed by atoms with Gasteiger partial charge in [0.2, 0.25) is 5.91 Å². The topological polar surface area (TPSA) is 47.6 Å². The van der Waals surface area contributed by atoms with Gasteiger partial charge in [-0.05, 0) is 29.7 Å². The number of nitrogens with one attached hydrogen (secondary N) is 1. The molecule has 2 aromatic carbocycles. The molecule has 0 aliphatic carbocycles. The Hall–Kier alpha value is -2.49. The molecule has 23 heavy (non-hydrogen) atoms. The van der Waals surface area contributed by atoms with Gasteiger partial charge in [-0.2, -0.15) is 0 Å². The number of methoxy groups -OCH3 is 2. The molecule has 1 N–H and O–H groups in total. The number of carbonyl (C=O) groups is 1. The van der Waals surface area contributed by atoms with Crippen LogP contribution >= 0.6 is 0 Å². The van der Waals surface area contributed by atoms with Crippen LogP contribution in [-0.4, -0.2) is 20.1 Å². The highest BCUT2D eigenvalue weighted by molar-refractivity contribution is 5.79. The second kappa shape index (κ2) is 8.22. The quantitative estimate of drug-likeness (QED) is 0.851. The Morgan fingerprint density at radius 1 is 1.04 bits per heavy atom. The van der Waals surface area contributed by atoms with E-state index in [1.54, 1.807) is 14.2 Å². The van der Waals surface area contributed by atoms with Gasteiger partial charge in [-0.1, -0.05) is 43.3 Å². The number of amides is 1. The third kappa shape index (κ3) is 4.49. The fraction of sp³-hybridized carbons (Fsp3) is 0.316. The van der Waals surface area contributed by atoms with Gasteiger partial charge in [0.05, 0.1) is 26.7 Å². The summed E-state index contributed by atoms with van der Waals surface area (Å²) in [5.41, 5.74) is 2.01. The predicted octanol–water partition coefficient (Wildman–Crippen LogP) is 3.51. The lowest BCUT2D eigenvalue weighted by molar-refractivity contribution is -0.121. The van der Waals surface area contributed by atoms with E-state index in [1.165, 1.54) is 0 Å². The van der Waals surface area contributed by atoms with Crippen LogP contribution in [-0.2, 0) is 11.2 Å².